The van der Waals surface area contributed by atoms with Crippen LogP contribution in [0.25, 0.3) is 11.8 Å². The molecule has 9 heteroatoms. The van der Waals surface area contributed by atoms with Gasteiger partial charge in [-0.05, 0) is 45.9 Å². The number of carbonyl (C=O) groups excluding carboxylic acids is 1. The van der Waals surface area contributed by atoms with Crippen LogP contribution in [0.5, 0.6) is 0 Å². The second kappa shape index (κ2) is 7.81. The molecule has 1 aliphatic heterocycles. The van der Waals surface area contributed by atoms with E-state index in [9.17, 15) is 23.1 Å². The number of alkyl halides is 3. The first-order valence-corrected chi connectivity index (χ1v) is 9.17. The SMILES string of the molecule is CCOC(=O)C1=C(O)/C(=C\c2c(C)nn(-c3ccccc3C(F)(F)F)c2C)N=C1C. The Morgan fingerprint density at radius 3 is 2.53 bits per heavy atom. The molecular formula is C21H20F3N3O3. The summed E-state index contributed by atoms with van der Waals surface area (Å²) in [6.07, 6.45) is -3.04. The Hall–Kier alpha value is -3.36. The zero-order chi connectivity index (χ0) is 22.2. The monoisotopic (exact) mass is 419 g/mol. The van der Waals surface area contributed by atoms with Crippen LogP contribution in [-0.4, -0.2) is 33.2 Å². The molecule has 1 N–H and O–H groups in total. The number of benzene rings is 1. The van der Waals surface area contributed by atoms with E-state index in [2.05, 4.69) is 10.1 Å². The molecule has 158 valence electrons. The van der Waals surface area contributed by atoms with Gasteiger partial charge in [0.2, 0.25) is 0 Å². The Balaban J connectivity index is 2.10. The zero-order valence-corrected chi connectivity index (χ0v) is 16.8. The van der Waals surface area contributed by atoms with Gasteiger partial charge in [0, 0.05) is 11.3 Å². The molecule has 0 radical (unpaired) electrons. The Bertz CT molecular complexity index is 1110. The molecule has 2 aromatic rings. The number of nitrogens with zero attached hydrogens (tertiary/aromatic N) is 3. The van der Waals surface area contributed by atoms with Crippen LogP contribution in [0.4, 0.5) is 13.2 Å². The lowest BCUT2D eigenvalue weighted by Crippen LogP contribution is -2.13. The topological polar surface area (TPSA) is 76.7 Å². The number of ether oxygens (including phenoxy) is 1. The van der Waals surface area contributed by atoms with Gasteiger partial charge in [0.05, 0.1) is 29.3 Å². The first-order chi connectivity index (χ1) is 14.1. The molecular weight excluding hydrogens is 399 g/mol. The highest BCUT2D eigenvalue weighted by Gasteiger charge is 2.34. The Labute approximate surface area is 171 Å². The van der Waals surface area contributed by atoms with Crippen molar-refractivity contribution in [3.05, 3.63) is 63.8 Å². The number of carbonyl (C=O) groups is 1. The van der Waals surface area contributed by atoms with Gasteiger partial charge in [0.1, 0.15) is 11.3 Å². The number of aliphatic imine (C=N–C) groups is 1. The minimum atomic E-state index is -4.54. The van der Waals surface area contributed by atoms with E-state index >= 15 is 0 Å². The molecule has 30 heavy (non-hydrogen) atoms. The van der Waals surface area contributed by atoms with Crippen molar-refractivity contribution in [2.75, 3.05) is 6.61 Å². The van der Waals surface area contributed by atoms with E-state index in [0.717, 1.165) is 6.07 Å². The van der Waals surface area contributed by atoms with Crippen molar-refractivity contribution in [3.8, 4) is 5.69 Å². The Kier molecular flexibility index (Phi) is 5.56. The lowest BCUT2D eigenvalue weighted by molar-refractivity contribution is -0.138. The van der Waals surface area contributed by atoms with Crippen LogP contribution in [0.3, 0.4) is 0 Å². The number of aliphatic hydroxyl groups excluding tert-OH is 1. The fourth-order valence-electron chi connectivity index (χ4n) is 3.27. The fraction of sp³-hybridized carbons (Fsp3) is 0.286. The van der Waals surface area contributed by atoms with Crippen molar-refractivity contribution in [1.82, 2.24) is 9.78 Å². The predicted molar refractivity (Wildman–Crippen MR) is 105 cm³/mol. The molecule has 6 nitrogen and oxygen atoms in total. The highest BCUT2D eigenvalue weighted by atomic mass is 19.4. The van der Waals surface area contributed by atoms with Crippen LogP contribution in [-0.2, 0) is 15.7 Å². The second-order valence-electron chi connectivity index (χ2n) is 6.68. The predicted octanol–water partition coefficient (Wildman–Crippen LogP) is 4.70. The van der Waals surface area contributed by atoms with E-state index in [4.69, 9.17) is 4.74 Å². The summed E-state index contributed by atoms with van der Waals surface area (Å²) in [5.74, 6) is -1.03. The lowest BCUT2D eigenvalue weighted by atomic mass is 10.1. The lowest BCUT2D eigenvalue weighted by Gasteiger charge is -2.13. The average molecular weight is 419 g/mol. The van der Waals surface area contributed by atoms with E-state index in [1.807, 2.05) is 0 Å². The molecule has 0 atom stereocenters. The number of hydrogen-bond donors (Lipinski definition) is 1. The fourth-order valence-corrected chi connectivity index (χ4v) is 3.27. The molecule has 0 amide bonds. The van der Waals surface area contributed by atoms with Crippen LogP contribution >= 0.6 is 0 Å². The molecule has 0 saturated carbocycles. The highest BCUT2D eigenvalue weighted by molar-refractivity contribution is 6.22. The van der Waals surface area contributed by atoms with E-state index in [0.29, 0.717) is 22.7 Å². The number of para-hydroxylation sites is 1. The summed E-state index contributed by atoms with van der Waals surface area (Å²) in [7, 11) is 0. The van der Waals surface area contributed by atoms with Gasteiger partial charge in [-0.3, -0.25) is 0 Å². The average Bonchev–Trinajstić information content (AvgIpc) is 3.11. The number of aliphatic hydroxyl groups is 1. The van der Waals surface area contributed by atoms with Crippen LogP contribution in [0.15, 0.2) is 46.3 Å². The van der Waals surface area contributed by atoms with Crippen molar-refractivity contribution < 1.29 is 27.8 Å². The highest BCUT2D eigenvalue weighted by Crippen LogP contribution is 2.35. The quantitative estimate of drug-likeness (QED) is 0.729. The van der Waals surface area contributed by atoms with Gasteiger partial charge in [-0.1, -0.05) is 12.1 Å². The number of aryl methyl sites for hydroxylation is 1. The van der Waals surface area contributed by atoms with Crippen LogP contribution in [0.2, 0.25) is 0 Å². The molecule has 1 aliphatic rings. The number of esters is 1. The van der Waals surface area contributed by atoms with Crippen LogP contribution < -0.4 is 0 Å². The molecule has 0 fully saturated rings. The third-order valence-electron chi connectivity index (χ3n) is 4.67. The van der Waals surface area contributed by atoms with Gasteiger partial charge in [-0.25, -0.2) is 14.5 Å². The first kappa shape index (κ1) is 21.4. The maximum atomic E-state index is 13.4. The first-order valence-electron chi connectivity index (χ1n) is 9.17. The molecule has 1 aromatic heterocycles. The molecule has 3 rings (SSSR count). The van der Waals surface area contributed by atoms with Gasteiger partial charge in [0.25, 0.3) is 0 Å². The Morgan fingerprint density at radius 1 is 1.23 bits per heavy atom. The van der Waals surface area contributed by atoms with Gasteiger partial charge in [-0.15, -0.1) is 0 Å². The molecule has 0 saturated heterocycles. The van der Waals surface area contributed by atoms with Crippen LogP contribution in [0, 0.1) is 13.8 Å². The van der Waals surface area contributed by atoms with E-state index in [1.165, 1.54) is 29.0 Å². The summed E-state index contributed by atoms with van der Waals surface area (Å²) in [6, 6.07) is 5.16. The van der Waals surface area contributed by atoms with Gasteiger partial charge in [-0.2, -0.15) is 18.3 Å². The number of hydrogen-bond acceptors (Lipinski definition) is 5. The number of halogens is 3. The summed E-state index contributed by atoms with van der Waals surface area (Å²) < 4.78 is 46.4. The van der Waals surface area contributed by atoms with Gasteiger partial charge >= 0.3 is 12.1 Å². The third-order valence-corrected chi connectivity index (χ3v) is 4.67. The summed E-state index contributed by atoms with van der Waals surface area (Å²) in [4.78, 5) is 16.3. The molecule has 1 aromatic carbocycles. The number of aromatic nitrogens is 2. The summed E-state index contributed by atoms with van der Waals surface area (Å²) in [6.45, 7) is 6.62. The summed E-state index contributed by atoms with van der Waals surface area (Å²) >= 11 is 0. The minimum Gasteiger partial charge on any atom is -0.505 e. The summed E-state index contributed by atoms with van der Waals surface area (Å²) in [5.41, 5.74) is 0.838. The van der Waals surface area contributed by atoms with Crippen LogP contribution in [0.1, 0.15) is 36.4 Å². The molecule has 0 spiro atoms. The second-order valence-corrected chi connectivity index (χ2v) is 6.68. The smallest absolute Gasteiger partial charge is 0.418 e. The standard InChI is InChI=1S/C21H20F3N3O3/c1-5-30-20(29)18-12(3)25-16(19(18)28)10-14-11(2)26-27(13(14)4)17-9-7-6-8-15(17)21(22,23)24/h6-10,28H,5H2,1-4H3/b16-10+. The van der Waals surface area contributed by atoms with Crippen molar-refractivity contribution in [2.24, 2.45) is 4.99 Å². The third kappa shape index (κ3) is 3.74. The molecule has 0 unspecified atom stereocenters. The largest absolute Gasteiger partial charge is 0.505 e. The summed E-state index contributed by atoms with van der Waals surface area (Å²) in [5, 5.41) is 14.7. The van der Waals surface area contributed by atoms with E-state index < -0.39 is 17.7 Å². The van der Waals surface area contributed by atoms with Crippen molar-refractivity contribution in [3.63, 3.8) is 0 Å². The minimum absolute atomic E-state index is 0.0341. The molecule has 0 aliphatic carbocycles. The zero-order valence-electron chi connectivity index (χ0n) is 16.8. The number of rotatable bonds is 4. The maximum Gasteiger partial charge on any atom is 0.418 e. The van der Waals surface area contributed by atoms with Crippen molar-refractivity contribution in [2.45, 2.75) is 33.9 Å². The van der Waals surface area contributed by atoms with Crippen molar-refractivity contribution in [1.29, 1.82) is 0 Å². The van der Waals surface area contributed by atoms with E-state index in [1.54, 1.807) is 27.7 Å². The van der Waals surface area contributed by atoms with E-state index in [-0.39, 0.29) is 29.3 Å². The molecule has 2 heterocycles. The normalized spacial score (nSPS) is 15.7. The van der Waals surface area contributed by atoms with Gasteiger partial charge in [0.15, 0.2) is 5.76 Å². The van der Waals surface area contributed by atoms with Gasteiger partial charge < -0.3 is 9.84 Å². The maximum absolute atomic E-state index is 13.4. The molecule has 0 bridgehead atoms. The van der Waals surface area contributed by atoms with Crippen molar-refractivity contribution >= 4 is 17.8 Å². The Morgan fingerprint density at radius 2 is 1.90 bits per heavy atom.